The molecule has 2 fully saturated rings. The van der Waals surface area contributed by atoms with E-state index in [2.05, 4.69) is 17.6 Å². The molecule has 1 atom stereocenters. The van der Waals surface area contributed by atoms with Crippen LogP contribution in [0.5, 0.6) is 0 Å². The van der Waals surface area contributed by atoms with Gasteiger partial charge >= 0.3 is 0 Å². The number of hydrogen-bond acceptors (Lipinski definition) is 3. The first-order valence-corrected chi connectivity index (χ1v) is 8.03. The zero-order chi connectivity index (χ0) is 15.5. The van der Waals surface area contributed by atoms with Gasteiger partial charge in [0.25, 0.3) is 0 Å². The Labute approximate surface area is 143 Å². The van der Waals surface area contributed by atoms with Crippen LogP contribution in [-0.2, 0) is 16.0 Å². The van der Waals surface area contributed by atoms with Crippen LogP contribution in [0.1, 0.15) is 25.3 Å². The van der Waals surface area contributed by atoms with Gasteiger partial charge in [-0.3, -0.25) is 9.59 Å². The standard InChI is InChI=1S/C17H23N3O2.ClH/c1-12-11-18-8-9-20(12)16(21)10-13-2-6-15(7-3-13)19-17(22)14-4-5-14;/h2-3,6-7,12,14,18H,4-5,8-11H2,1H3,(H,19,22);1H/t12-;/m0./s1. The Morgan fingerprint density at radius 3 is 2.57 bits per heavy atom. The number of hydrogen-bond donors (Lipinski definition) is 2. The van der Waals surface area contributed by atoms with Gasteiger partial charge in [0.1, 0.15) is 0 Å². The lowest BCUT2D eigenvalue weighted by molar-refractivity contribution is -0.133. The van der Waals surface area contributed by atoms with Crippen molar-refractivity contribution in [3.05, 3.63) is 29.8 Å². The summed E-state index contributed by atoms with van der Waals surface area (Å²) in [4.78, 5) is 26.0. The summed E-state index contributed by atoms with van der Waals surface area (Å²) in [6.07, 6.45) is 2.42. The van der Waals surface area contributed by atoms with Gasteiger partial charge in [0.15, 0.2) is 0 Å². The average Bonchev–Trinajstić information content (AvgIpc) is 3.34. The van der Waals surface area contributed by atoms with Gasteiger partial charge in [-0.15, -0.1) is 12.4 Å². The number of amides is 2. The van der Waals surface area contributed by atoms with Gasteiger partial charge in [-0.1, -0.05) is 12.1 Å². The molecule has 1 saturated heterocycles. The number of anilines is 1. The Morgan fingerprint density at radius 1 is 1.26 bits per heavy atom. The lowest BCUT2D eigenvalue weighted by Crippen LogP contribution is -2.52. The predicted octanol–water partition coefficient (Wildman–Crippen LogP) is 1.82. The van der Waals surface area contributed by atoms with Gasteiger partial charge in [-0.2, -0.15) is 0 Å². The number of piperazine rings is 1. The molecule has 0 radical (unpaired) electrons. The first kappa shape index (κ1) is 17.8. The molecule has 5 nitrogen and oxygen atoms in total. The highest BCUT2D eigenvalue weighted by molar-refractivity contribution is 5.94. The van der Waals surface area contributed by atoms with Crippen LogP contribution in [0.15, 0.2) is 24.3 Å². The molecule has 1 heterocycles. The molecule has 6 heteroatoms. The molecule has 1 aromatic carbocycles. The van der Waals surface area contributed by atoms with Crippen LogP contribution in [0.2, 0.25) is 0 Å². The summed E-state index contributed by atoms with van der Waals surface area (Å²) in [5.74, 6) is 0.484. The third-order valence-corrected chi connectivity index (χ3v) is 4.35. The third kappa shape index (κ3) is 4.69. The van der Waals surface area contributed by atoms with Crippen LogP contribution in [0.3, 0.4) is 0 Å². The number of carbonyl (C=O) groups is 2. The predicted molar refractivity (Wildman–Crippen MR) is 92.8 cm³/mol. The summed E-state index contributed by atoms with van der Waals surface area (Å²) in [5, 5.41) is 6.20. The average molecular weight is 338 g/mol. The molecule has 2 aliphatic rings. The van der Waals surface area contributed by atoms with Crippen molar-refractivity contribution in [2.75, 3.05) is 25.0 Å². The van der Waals surface area contributed by atoms with Crippen LogP contribution in [-0.4, -0.2) is 42.4 Å². The number of halogens is 1. The number of carbonyl (C=O) groups excluding carboxylic acids is 2. The summed E-state index contributed by atoms with van der Waals surface area (Å²) in [6, 6.07) is 7.85. The van der Waals surface area contributed by atoms with E-state index in [-0.39, 0.29) is 36.2 Å². The Bertz CT molecular complexity index is 557. The summed E-state index contributed by atoms with van der Waals surface area (Å²) < 4.78 is 0. The van der Waals surface area contributed by atoms with E-state index in [4.69, 9.17) is 0 Å². The minimum Gasteiger partial charge on any atom is -0.337 e. The molecular formula is C17H24ClN3O2. The van der Waals surface area contributed by atoms with E-state index in [9.17, 15) is 9.59 Å². The van der Waals surface area contributed by atoms with E-state index in [0.29, 0.717) is 6.42 Å². The van der Waals surface area contributed by atoms with Crippen molar-refractivity contribution >= 4 is 29.9 Å². The van der Waals surface area contributed by atoms with Crippen molar-refractivity contribution in [3.63, 3.8) is 0 Å². The fraction of sp³-hybridized carbons (Fsp3) is 0.529. The Balaban J connectivity index is 0.00000192. The molecule has 0 bridgehead atoms. The maximum absolute atomic E-state index is 12.4. The molecule has 0 unspecified atom stereocenters. The summed E-state index contributed by atoms with van der Waals surface area (Å²) in [7, 11) is 0. The van der Waals surface area contributed by atoms with Crippen molar-refractivity contribution in [1.82, 2.24) is 10.2 Å². The maximum Gasteiger partial charge on any atom is 0.227 e. The number of benzene rings is 1. The zero-order valence-corrected chi connectivity index (χ0v) is 14.2. The highest BCUT2D eigenvalue weighted by Crippen LogP contribution is 2.30. The van der Waals surface area contributed by atoms with Crippen LogP contribution in [0.25, 0.3) is 0 Å². The number of nitrogens with zero attached hydrogens (tertiary/aromatic N) is 1. The van der Waals surface area contributed by atoms with Crippen LogP contribution < -0.4 is 10.6 Å². The summed E-state index contributed by atoms with van der Waals surface area (Å²) >= 11 is 0. The summed E-state index contributed by atoms with van der Waals surface area (Å²) in [5.41, 5.74) is 1.80. The van der Waals surface area contributed by atoms with E-state index in [1.165, 1.54) is 0 Å². The quantitative estimate of drug-likeness (QED) is 0.881. The number of nitrogens with one attached hydrogen (secondary N) is 2. The fourth-order valence-corrected chi connectivity index (χ4v) is 2.78. The van der Waals surface area contributed by atoms with Crippen LogP contribution in [0.4, 0.5) is 5.69 Å². The molecule has 2 amide bonds. The van der Waals surface area contributed by atoms with Gasteiger partial charge in [0.2, 0.25) is 11.8 Å². The molecule has 126 valence electrons. The first-order valence-electron chi connectivity index (χ1n) is 8.03. The largest absolute Gasteiger partial charge is 0.337 e. The second-order valence-electron chi connectivity index (χ2n) is 6.28. The molecule has 1 aliphatic heterocycles. The minimum absolute atomic E-state index is 0. The van der Waals surface area contributed by atoms with E-state index >= 15 is 0 Å². The van der Waals surface area contributed by atoms with E-state index in [0.717, 1.165) is 43.7 Å². The smallest absolute Gasteiger partial charge is 0.227 e. The van der Waals surface area contributed by atoms with E-state index in [1.807, 2.05) is 29.2 Å². The SMILES string of the molecule is C[C@H]1CNCCN1C(=O)Cc1ccc(NC(=O)C2CC2)cc1.Cl. The molecule has 0 spiro atoms. The highest BCUT2D eigenvalue weighted by atomic mass is 35.5. The molecular weight excluding hydrogens is 314 g/mol. The Hall–Kier alpha value is -1.59. The van der Waals surface area contributed by atoms with Gasteiger partial charge in [-0.05, 0) is 37.5 Å². The minimum atomic E-state index is 0. The normalized spacial score (nSPS) is 20.6. The molecule has 1 saturated carbocycles. The maximum atomic E-state index is 12.4. The number of rotatable bonds is 4. The van der Waals surface area contributed by atoms with Gasteiger partial charge < -0.3 is 15.5 Å². The van der Waals surface area contributed by atoms with Crippen LogP contribution >= 0.6 is 12.4 Å². The zero-order valence-electron chi connectivity index (χ0n) is 13.4. The van der Waals surface area contributed by atoms with Crippen LogP contribution in [0, 0.1) is 5.92 Å². The van der Waals surface area contributed by atoms with Crippen molar-refractivity contribution in [3.8, 4) is 0 Å². The van der Waals surface area contributed by atoms with Crippen molar-refractivity contribution in [2.24, 2.45) is 5.92 Å². The van der Waals surface area contributed by atoms with Crippen molar-refractivity contribution < 1.29 is 9.59 Å². The second-order valence-corrected chi connectivity index (χ2v) is 6.28. The van der Waals surface area contributed by atoms with E-state index < -0.39 is 0 Å². The van der Waals surface area contributed by atoms with Gasteiger partial charge in [-0.25, -0.2) is 0 Å². The lowest BCUT2D eigenvalue weighted by Gasteiger charge is -2.34. The lowest BCUT2D eigenvalue weighted by atomic mass is 10.1. The third-order valence-electron chi connectivity index (χ3n) is 4.35. The topological polar surface area (TPSA) is 61.4 Å². The van der Waals surface area contributed by atoms with Gasteiger partial charge in [0, 0.05) is 37.3 Å². The molecule has 3 rings (SSSR count). The Kier molecular flexibility index (Phi) is 6.02. The molecule has 1 aromatic rings. The molecule has 2 N–H and O–H groups in total. The monoisotopic (exact) mass is 337 g/mol. The van der Waals surface area contributed by atoms with Crippen molar-refractivity contribution in [1.29, 1.82) is 0 Å². The molecule has 0 aromatic heterocycles. The van der Waals surface area contributed by atoms with Crippen molar-refractivity contribution in [2.45, 2.75) is 32.2 Å². The molecule has 23 heavy (non-hydrogen) atoms. The summed E-state index contributed by atoms with van der Waals surface area (Å²) in [6.45, 7) is 4.57. The van der Waals surface area contributed by atoms with Gasteiger partial charge in [0.05, 0.1) is 6.42 Å². The highest BCUT2D eigenvalue weighted by Gasteiger charge is 2.29. The first-order chi connectivity index (χ1) is 10.6. The Morgan fingerprint density at radius 2 is 1.96 bits per heavy atom. The van der Waals surface area contributed by atoms with E-state index in [1.54, 1.807) is 0 Å². The second kappa shape index (κ2) is 7.79. The fourth-order valence-electron chi connectivity index (χ4n) is 2.78. The molecule has 1 aliphatic carbocycles.